The highest BCUT2D eigenvalue weighted by molar-refractivity contribution is 5.94. The Morgan fingerprint density at radius 2 is 1.67 bits per heavy atom. The second-order valence-electron chi connectivity index (χ2n) is 12.6. The van der Waals surface area contributed by atoms with Crippen molar-refractivity contribution in [3.8, 4) is 0 Å². The van der Waals surface area contributed by atoms with E-state index in [1.165, 1.54) is 5.56 Å². The van der Waals surface area contributed by atoms with Crippen LogP contribution in [0.5, 0.6) is 0 Å². The zero-order valence-electron chi connectivity index (χ0n) is 24.0. The van der Waals surface area contributed by atoms with Crippen molar-refractivity contribution in [3.63, 3.8) is 0 Å². The quantitative estimate of drug-likeness (QED) is 0.284. The molecule has 0 aromatic heterocycles. The molecule has 0 spiro atoms. The van der Waals surface area contributed by atoms with Crippen molar-refractivity contribution < 1.29 is 15.0 Å². The Labute approximate surface area is 233 Å². The van der Waals surface area contributed by atoms with Gasteiger partial charge < -0.3 is 20.4 Å². The minimum Gasteiger partial charge on any atom is -0.390 e. The minimum absolute atomic E-state index is 0.00189. The molecule has 4 rings (SSSR count). The number of aliphatic hydroxyl groups is 2. The number of piperidine rings is 1. The molecule has 1 unspecified atom stereocenters. The molecule has 3 N–H and O–H groups in total. The summed E-state index contributed by atoms with van der Waals surface area (Å²) in [4.78, 5) is 15.7. The van der Waals surface area contributed by atoms with Crippen LogP contribution in [0.3, 0.4) is 0 Å². The van der Waals surface area contributed by atoms with Crippen molar-refractivity contribution in [1.82, 2.24) is 4.90 Å². The Bertz CT molecular complexity index is 1230. The molecule has 1 heterocycles. The van der Waals surface area contributed by atoms with Gasteiger partial charge in [-0.2, -0.15) is 0 Å². The van der Waals surface area contributed by atoms with Gasteiger partial charge >= 0.3 is 0 Å². The number of hydrogen-bond donors (Lipinski definition) is 3. The lowest BCUT2D eigenvalue weighted by Crippen LogP contribution is -2.48. The van der Waals surface area contributed by atoms with Crippen molar-refractivity contribution in [2.75, 3.05) is 11.9 Å². The van der Waals surface area contributed by atoms with Crippen molar-refractivity contribution >= 4 is 11.6 Å². The fraction of sp³-hybridized carbons (Fsp3) is 0.441. The fourth-order valence-corrected chi connectivity index (χ4v) is 5.44. The summed E-state index contributed by atoms with van der Waals surface area (Å²) in [6.45, 7) is 10.8. The topological polar surface area (TPSA) is 72.8 Å². The monoisotopic (exact) mass is 528 g/mol. The summed E-state index contributed by atoms with van der Waals surface area (Å²) >= 11 is 0. The van der Waals surface area contributed by atoms with Crippen LogP contribution in [-0.4, -0.2) is 39.4 Å². The maximum Gasteiger partial charge on any atom is 0.254 e. The van der Waals surface area contributed by atoms with Crippen LogP contribution in [0.4, 0.5) is 5.69 Å². The molecule has 1 aliphatic heterocycles. The third-order valence-electron chi connectivity index (χ3n) is 7.75. The van der Waals surface area contributed by atoms with Gasteiger partial charge in [0.25, 0.3) is 5.91 Å². The number of nitrogens with zero attached hydrogens (tertiary/aromatic N) is 1. The fourth-order valence-electron chi connectivity index (χ4n) is 5.44. The highest BCUT2D eigenvalue weighted by atomic mass is 16.3. The number of carbonyl (C=O) groups is 1. The summed E-state index contributed by atoms with van der Waals surface area (Å²) in [7, 11) is 0. The number of carbonyl (C=O) groups excluding carboxylic acids is 1. The van der Waals surface area contributed by atoms with Crippen LogP contribution in [0, 0.1) is 5.92 Å². The molecule has 5 heteroatoms. The molecule has 0 aliphatic carbocycles. The molecule has 0 bridgehead atoms. The number of amides is 1. The number of aliphatic hydroxyl groups excluding tert-OH is 1. The lowest BCUT2D eigenvalue weighted by atomic mass is 9.82. The lowest BCUT2D eigenvalue weighted by molar-refractivity contribution is 0.0160. The van der Waals surface area contributed by atoms with Gasteiger partial charge in [0.05, 0.1) is 11.6 Å². The Hall–Kier alpha value is -3.15. The summed E-state index contributed by atoms with van der Waals surface area (Å²) in [5.41, 5.74) is 4.18. The summed E-state index contributed by atoms with van der Waals surface area (Å²) in [6.07, 6.45) is 2.25. The van der Waals surface area contributed by atoms with Crippen molar-refractivity contribution in [3.05, 3.63) is 101 Å². The van der Waals surface area contributed by atoms with E-state index in [1.807, 2.05) is 61.2 Å². The normalized spacial score (nSPS) is 19.0. The molecule has 3 atom stereocenters. The third kappa shape index (κ3) is 7.49. The molecule has 3 aromatic rings. The molecule has 208 valence electrons. The zero-order valence-corrected chi connectivity index (χ0v) is 24.0. The van der Waals surface area contributed by atoms with Gasteiger partial charge in [0.15, 0.2) is 0 Å². The van der Waals surface area contributed by atoms with Gasteiger partial charge in [-0.1, -0.05) is 75.4 Å². The SMILES string of the molecule is CC(C)(O)CCc1ccc([C@H]2C([C@@H](O)Nc3cccc(C(C)(C)C)c3)CCCN2C(=O)c2ccccc2)cc1. The Balaban J connectivity index is 1.64. The Morgan fingerprint density at radius 3 is 2.31 bits per heavy atom. The molecule has 0 saturated carbocycles. The van der Waals surface area contributed by atoms with Gasteiger partial charge in [-0.15, -0.1) is 0 Å². The van der Waals surface area contributed by atoms with E-state index in [0.717, 1.165) is 36.1 Å². The van der Waals surface area contributed by atoms with Crippen LogP contribution in [0.1, 0.15) is 87.0 Å². The molecule has 39 heavy (non-hydrogen) atoms. The van der Waals surface area contributed by atoms with E-state index in [-0.39, 0.29) is 23.3 Å². The van der Waals surface area contributed by atoms with E-state index in [0.29, 0.717) is 18.5 Å². The van der Waals surface area contributed by atoms with E-state index < -0.39 is 11.8 Å². The van der Waals surface area contributed by atoms with E-state index in [1.54, 1.807) is 0 Å². The van der Waals surface area contributed by atoms with Gasteiger partial charge in [-0.25, -0.2) is 0 Å². The summed E-state index contributed by atoms with van der Waals surface area (Å²) in [5.74, 6) is -0.203. The number of anilines is 1. The van der Waals surface area contributed by atoms with Crippen LogP contribution in [0.15, 0.2) is 78.9 Å². The number of rotatable bonds is 8. The number of aryl methyl sites for hydroxylation is 1. The highest BCUT2D eigenvalue weighted by Gasteiger charge is 2.39. The molecule has 1 amide bonds. The molecule has 1 aliphatic rings. The van der Waals surface area contributed by atoms with E-state index in [9.17, 15) is 15.0 Å². The maximum absolute atomic E-state index is 13.7. The van der Waals surface area contributed by atoms with Gasteiger partial charge in [0.2, 0.25) is 0 Å². The Morgan fingerprint density at radius 1 is 0.974 bits per heavy atom. The minimum atomic E-state index is -0.827. The number of nitrogens with one attached hydrogen (secondary N) is 1. The van der Waals surface area contributed by atoms with Gasteiger partial charge in [0.1, 0.15) is 6.23 Å². The zero-order chi connectivity index (χ0) is 28.2. The van der Waals surface area contributed by atoms with Gasteiger partial charge in [-0.05, 0) is 85.9 Å². The summed E-state index contributed by atoms with van der Waals surface area (Å²) < 4.78 is 0. The van der Waals surface area contributed by atoms with Crippen LogP contribution >= 0.6 is 0 Å². The number of benzene rings is 3. The first kappa shape index (κ1) is 28.8. The highest BCUT2D eigenvalue weighted by Crippen LogP contribution is 2.39. The van der Waals surface area contributed by atoms with E-state index >= 15 is 0 Å². The third-order valence-corrected chi connectivity index (χ3v) is 7.75. The second kappa shape index (κ2) is 11.9. The molecule has 1 saturated heterocycles. The number of hydrogen-bond acceptors (Lipinski definition) is 4. The van der Waals surface area contributed by atoms with Gasteiger partial charge in [-0.3, -0.25) is 4.79 Å². The smallest absolute Gasteiger partial charge is 0.254 e. The summed E-state index contributed by atoms with van der Waals surface area (Å²) in [5, 5.41) is 25.1. The van der Waals surface area contributed by atoms with Crippen LogP contribution in [0.2, 0.25) is 0 Å². The predicted octanol–water partition coefficient (Wildman–Crippen LogP) is 6.71. The number of likely N-dealkylation sites (tertiary alicyclic amines) is 1. The van der Waals surface area contributed by atoms with Crippen LogP contribution in [-0.2, 0) is 11.8 Å². The first-order chi connectivity index (χ1) is 18.4. The predicted molar refractivity (Wildman–Crippen MR) is 159 cm³/mol. The standard InChI is InChI=1S/C34H44N2O3/c1-33(2,3)27-13-9-14-28(23-27)35-31(37)29-15-10-22-36(32(38)26-11-7-6-8-12-26)30(29)25-18-16-24(17-19-25)20-21-34(4,5)39/h6-9,11-14,16-19,23,29-31,35,37,39H,10,15,20-22H2,1-5H3/t29?,30-,31+/m0/s1. The maximum atomic E-state index is 13.7. The van der Waals surface area contributed by atoms with Gasteiger partial charge in [0, 0.05) is 23.7 Å². The van der Waals surface area contributed by atoms with Crippen molar-refractivity contribution in [1.29, 1.82) is 0 Å². The van der Waals surface area contributed by atoms with Crippen molar-refractivity contribution in [2.45, 2.75) is 83.6 Å². The van der Waals surface area contributed by atoms with E-state index in [4.69, 9.17) is 0 Å². The Kier molecular flexibility index (Phi) is 8.83. The largest absolute Gasteiger partial charge is 0.390 e. The summed E-state index contributed by atoms with van der Waals surface area (Å²) in [6, 6.07) is 25.7. The first-order valence-corrected chi connectivity index (χ1v) is 14.1. The average molecular weight is 529 g/mol. The average Bonchev–Trinajstić information content (AvgIpc) is 2.91. The molecule has 1 fully saturated rings. The first-order valence-electron chi connectivity index (χ1n) is 14.1. The van der Waals surface area contributed by atoms with E-state index in [2.05, 4.69) is 62.5 Å². The molecule has 0 radical (unpaired) electrons. The van der Waals surface area contributed by atoms with Crippen molar-refractivity contribution in [2.24, 2.45) is 5.92 Å². The molecule has 3 aromatic carbocycles. The second-order valence-corrected chi connectivity index (χ2v) is 12.6. The molecule has 5 nitrogen and oxygen atoms in total. The lowest BCUT2D eigenvalue weighted by Gasteiger charge is -2.44. The van der Waals surface area contributed by atoms with Crippen LogP contribution < -0.4 is 5.32 Å². The molecular formula is C34H44N2O3. The van der Waals surface area contributed by atoms with Crippen LogP contribution in [0.25, 0.3) is 0 Å². The molecular weight excluding hydrogens is 484 g/mol.